The van der Waals surface area contributed by atoms with Crippen LogP contribution >= 0.6 is 11.6 Å². The van der Waals surface area contributed by atoms with E-state index in [1.165, 1.54) is 0 Å². The van der Waals surface area contributed by atoms with Crippen molar-refractivity contribution >= 4 is 17.4 Å². The van der Waals surface area contributed by atoms with E-state index in [1.54, 1.807) is 12.3 Å². The predicted molar refractivity (Wildman–Crippen MR) is 56.6 cm³/mol. The van der Waals surface area contributed by atoms with Gasteiger partial charge in [0.2, 0.25) is 5.28 Å². The van der Waals surface area contributed by atoms with E-state index >= 15 is 0 Å². The molecule has 14 heavy (non-hydrogen) atoms. The van der Waals surface area contributed by atoms with Gasteiger partial charge in [-0.3, -0.25) is 0 Å². The first-order valence-electron chi connectivity index (χ1n) is 4.51. The van der Waals surface area contributed by atoms with Gasteiger partial charge in [0.05, 0.1) is 6.61 Å². The number of anilines is 1. The van der Waals surface area contributed by atoms with Crippen molar-refractivity contribution in [1.82, 2.24) is 9.97 Å². The van der Waals surface area contributed by atoms with Gasteiger partial charge in [-0.2, -0.15) is 0 Å². The summed E-state index contributed by atoms with van der Waals surface area (Å²) in [6, 6.07) is 2.05. The topological polar surface area (TPSA) is 49.2 Å². The quantitative estimate of drug-likeness (QED) is 0.771. The van der Waals surface area contributed by atoms with E-state index in [2.05, 4.69) is 9.97 Å². The van der Waals surface area contributed by atoms with Crippen molar-refractivity contribution < 1.29 is 5.11 Å². The minimum Gasteiger partial charge on any atom is -0.395 e. The fourth-order valence-corrected chi connectivity index (χ4v) is 1.37. The van der Waals surface area contributed by atoms with Crippen LogP contribution < -0.4 is 4.90 Å². The maximum absolute atomic E-state index is 8.90. The minimum absolute atomic E-state index is 0.0970. The first-order chi connectivity index (χ1) is 6.65. The number of nitrogens with zero attached hydrogens (tertiary/aromatic N) is 3. The monoisotopic (exact) mass is 215 g/mol. The standard InChI is InChI=1S/C9H14ClN3O/c1-7(2)13(5-6-14)8-3-4-11-9(10)12-8/h3-4,7,14H,5-6H2,1-2H3. The fraction of sp³-hybridized carbons (Fsp3) is 0.556. The first kappa shape index (κ1) is 11.2. The van der Waals surface area contributed by atoms with Crippen molar-refractivity contribution in [3.8, 4) is 0 Å². The molecule has 0 saturated carbocycles. The normalized spacial score (nSPS) is 10.6. The molecule has 0 atom stereocenters. The molecule has 1 aromatic rings. The predicted octanol–water partition coefficient (Wildman–Crippen LogP) is 1.34. The maximum atomic E-state index is 8.90. The molecule has 5 heteroatoms. The van der Waals surface area contributed by atoms with Gasteiger partial charge >= 0.3 is 0 Å². The summed E-state index contributed by atoms with van der Waals surface area (Å²) in [7, 11) is 0. The van der Waals surface area contributed by atoms with Gasteiger partial charge < -0.3 is 10.0 Å². The third-order valence-electron chi connectivity index (χ3n) is 1.87. The van der Waals surface area contributed by atoms with Crippen LogP contribution in [0.25, 0.3) is 0 Å². The number of hydrogen-bond acceptors (Lipinski definition) is 4. The SMILES string of the molecule is CC(C)N(CCO)c1ccnc(Cl)n1. The van der Waals surface area contributed by atoms with E-state index in [1.807, 2.05) is 18.7 Å². The smallest absolute Gasteiger partial charge is 0.224 e. The molecular formula is C9H14ClN3O. The number of aliphatic hydroxyl groups is 1. The molecule has 1 heterocycles. The third kappa shape index (κ3) is 2.82. The summed E-state index contributed by atoms with van der Waals surface area (Å²) in [5.41, 5.74) is 0. The number of aliphatic hydroxyl groups excluding tert-OH is 1. The highest BCUT2D eigenvalue weighted by Gasteiger charge is 2.11. The van der Waals surface area contributed by atoms with Crippen molar-refractivity contribution in [2.75, 3.05) is 18.1 Å². The van der Waals surface area contributed by atoms with Crippen LogP contribution in [-0.2, 0) is 0 Å². The van der Waals surface area contributed by atoms with Gasteiger partial charge in [0.1, 0.15) is 5.82 Å². The molecule has 0 radical (unpaired) electrons. The molecule has 1 rings (SSSR count). The highest BCUT2D eigenvalue weighted by Crippen LogP contribution is 2.14. The van der Waals surface area contributed by atoms with Crippen LogP contribution in [0.4, 0.5) is 5.82 Å². The molecule has 0 aliphatic rings. The molecule has 0 saturated heterocycles. The third-order valence-corrected chi connectivity index (χ3v) is 2.05. The Bertz CT molecular complexity index is 293. The molecule has 0 aliphatic carbocycles. The van der Waals surface area contributed by atoms with Gasteiger partial charge in [-0.15, -0.1) is 0 Å². The number of aromatic nitrogens is 2. The Balaban J connectivity index is 2.87. The van der Waals surface area contributed by atoms with Gasteiger partial charge in [-0.25, -0.2) is 9.97 Å². The van der Waals surface area contributed by atoms with Crippen molar-refractivity contribution in [3.05, 3.63) is 17.5 Å². The highest BCUT2D eigenvalue weighted by molar-refractivity contribution is 6.28. The van der Waals surface area contributed by atoms with Crippen molar-refractivity contribution in [2.45, 2.75) is 19.9 Å². The van der Waals surface area contributed by atoms with Gasteiger partial charge in [0, 0.05) is 18.8 Å². The van der Waals surface area contributed by atoms with Gasteiger partial charge in [0.25, 0.3) is 0 Å². The lowest BCUT2D eigenvalue weighted by Gasteiger charge is -2.26. The summed E-state index contributed by atoms with van der Waals surface area (Å²) in [5, 5.41) is 9.13. The molecule has 0 spiro atoms. The molecule has 0 fully saturated rings. The van der Waals surface area contributed by atoms with E-state index in [-0.39, 0.29) is 17.9 Å². The van der Waals surface area contributed by atoms with E-state index < -0.39 is 0 Å². The molecule has 0 aliphatic heterocycles. The van der Waals surface area contributed by atoms with Crippen molar-refractivity contribution in [3.63, 3.8) is 0 Å². The zero-order valence-corrected chi connectivity index (χ0v) is 9.07. The summed E-state index contributed by atoms with van der Waals surface area (Å²) in [5.74, 6) is 0.744. The van der Waals surface area contributed by atoms with Crippen LogP contribution in [0, 0.1) is 0 Å². The summed E-state index contributed by atoms with van der Waals surface area (Å²) >= 11 is 5.68. The molecule has 0 amide bonds. The van der Waals surface area contributed by atoms with Crippen LogP contribution in [0.15, 0.2) is 12.3 Å². The van der Waals surface area contributed by atoms with E-state index in [4.69, 9.17) is 16.7 Å². The zero-order valence-electron chi connectivity index (χ0n) is 8.31. The maximum Gasteiger partial charge on any atom is 0.224 e. The summed E-state index contributed by atoms with van der Waals surface area (Å²) in [6.45, 7) is 4.71. The summed E-state index contributed by atoms with van der Waals surface area (Å²) in [6.07, 6.45) is 1.61. The number of halogens is 1. The molecule has 1 N–H and O–H groups in total. The van der Waals surface area contributed by atoms with Crippen LogP contribution in [-0.4, -0.2) is 34.3 Å². The average Bonchev–Trinajstić information content (AvgIpc) is 2.13. The van der Waals surface area contributed by atoms with Crippen LogP contribution in [0.1, 0.15) is 13.8 Å². The lowest BCUT2D eigenvalue weighted by molar-refractivity contribution is 0.298. The fourth-order valence-electron chi connectivity index (χ4n) is 1.23. The summed E-state index contributed by atoms with van der Waals surface area (Å²) < 4.78 is 0. The molecule has 0 aromatic carbocycles. The van der Waals surface area contributed by atoms with Crippen LogP contribution in [0.2, 0.25) is 5.28 Å². The Morgan fingerprint density at radius 1 is 1.57 bits per heavy atom. The van der Waals surface area contributed by atoms with Gasteiger partial charge in [-0.05, 0) is 31.5 Å². The van der Waals surface area contributed by atoms with E-state index in [0.29, 0.717) is 6.54 Å². The number of hydrogen-bond donors (Lipinski definition) is 1. The van der Waals surface area contributed by atoms with Gasteiger partial charge in [-0.1, -0.05) is 0 Å². The Hall–Kier alpha value is -0.870. The molecular weight excluding hydrogens is 202 g/mol. The Morgan fingerprint density at radius 3 is 2.79 bits per heavy atom. The molecule has 0 bridgehead atoms. The molecule has 4 nitrogen and oxygen atoms in total. The van der Waals surface area contributed by atoms with Gasteiger partial charge in [0.15, 0.2) is 0 Å². The highest BCUT2D eigenvalue weighted by atomic mass is 35.5. The Kier molecular flexibility index (Phi) is 4.10. The first-order valence-corrected chi connectivity index (χ1v) is 4.89. The molecule has 78 valence electrons. The summed E-state index contributed by atoms with van der Waals surface area (Å²) in [4.78, 5) is 9.86. The lowest BCUT2D eigenvalue weighted by atomic mass is 10.3. The second kappa shape index (κ2) is 5.12. The second-order valence-electron chi connectivity index (χ2n) is 3.19. The van der Waals surface area contributed by atoms with Crippen molar-refractivity contribution in [1.29, 1.82) is 0 Å². The largest absolute Gasteiger partial charge is 0.395 e. The minimum atomic E-state index is 0.0970. The Morgan fingerprint density at radius 2 is 2.29 bits per heavy atom. The molecule has 1 aromatic heterocycles. The van der Waals surface area contributed by atoms with Crippen molar-refractivity contribution in [2.24, 2.45) is 0 Å². The number of rotatable bonds is 4. The Labute approximate surface area is 88.6 Å². The zero-order chi connectivity index (χ0) is 10.6. The van der Waals surface area contributed by atoms with E-state index in [9.17, 15) is 0 Å². The second-order valence-corrected chi connectivity index (χ2v) is 3.53. The lowest BCUT2D eigenvalue weighted by Crippen LogP contribution is -2.34. The average molecular weight is 216 g/mol. The van der Waals surface area contributed by atoms with Crippen LogP contribution in [0.5, 0.6) is 0 Å². The van der Waals surface area contributed by atoms with Crippen LogP contribution in [0.3, 0.4) is 0 Å². The molecule has 0 unspecified atom stereocenters. The van der Waals surface area contributed by atoms with E-state index in [0.717, 1.165) is 5.82 Å².